The first-order valence-corrected chi connectivity index (χ1v) is 10.2. The van der Waals surface area contributed by atoms with E-state index in [1.54, 1.807) is 0 Å². The van der Waals surface area contributed by atoms with E-state index in [2.05, 4.69) is 65.5 Å². The highest BCUT2D eigenvalue weighted by atomic mass is 79.9. The van der Waals surface area contributed by atoms with Gasteiger partial charge in [-0.2, -0.15) is 0 Å². The van der Waals surface area contributed by atoms with Crippen LogP contribution in [0.2, 0.25) is 0 Å². The molecular formula is C20H32BrN3O2. The van der Waals surface area contributed by atoms with Gasteiger partial charge in [-0.15, -0.1) is 0 Å². The lowest BCUT2D eigenvalue weighted by atomic mass is 9.84. The van der Waals surface area contributed by atoms with Crippen molar-refractivity contribution < 1.29 is 9.84 Å². The highest BCUT2D eigenvalue weighted by Crippen LogP contribution is 2.31. The predicted molar refractivity (Wildman–Crippen MR) is 111 cm³/mol. The van der Waals surface area contributed by atoms with Gasteiger partial charge in [0.2, 0.25) is 0 Å². The van der Waals surface area contributed by atoms with E-state index in [-0.39, 0.29) is 17.4 Å². The summed E-state index contributed by atoms with van der Waals surface area (Å²) in [6, 6.07) is 8.40. The summed E-state index contributed by atoms with van der Waals surface area (Å²) in [6.07, 6.45) is 1.73. The summed E-state index contributed by atoms with van der Waals surface area (Å²) in [5.41, 5.74) is 1.20. The van der Waals surface area contributed by atoms with Crippen LogP contribution in [0.4, 0.5) is 0 Å². The third kappa shape index (κ3) is 5.96. The van der Waals surface area contributed by atoms with Crippen molar-refractivity contribution >= 4 is 21.9 Å². The maximum atomic E-state index is 9.39. The summed E-state index contributed by atoms with van der Waals surface area (Å²) >= 11 is 3.55. The zero-order chi connectivity index (χ0) is 19.0. The Bertz CT molecular complexity index is 598. The van der Waals surface area contributed by atoms with Crippen molar-refractivity contribution in [2.45, 2.75) is 39.0 Å². The molecule has 1 aliphatic heterocycles. The molecule has 5 nitrogen and oxygen atoms in total. The molecule has 146 valence electrons. The van der Waals surface area contributed by atoms with Crippen molar-refractivity contribution in [1.29, 1.82) is 0 Å². The number of benzene rings is 1. The number of halogens is 1. The Labute approximate surface area is 165 Å². The van der Waals surface area contributed by atoms with Crippen molar-refractivity contribution in [3.05, 3.63) is 34.3 Å². The molecule has 1 fully saturated rings. The molecule has 1 aliphatic rings. The van der Waals surface area contributed by atoms with Crippen LogP contribution in [0.3, 0.4) is 0 Å². The molecule has 0 amide bonds. The largest absolute Gasteiger partial charge is 0.396 e. The zero-order valence-corrected chi connectivity index (χ0v) is 17.7. The molecule has 1 saturated heterocycles. The van der Waals surface area contributed by atoms with E-state index in [4.69, 9.17) is 9.73 Å². The molecule has 0 aromatic heterocycles. The van der Waals surface area contributed by atoms with Gasteiger partial charge >= 0.3 is 0 Å². The molecule has 1 aromatic rings. The van der Waals surface area contributed by atoms with Gasteiger partial charge in [0.1, 0.15) is 0 Å². The molecule has 3 N–H and O–H groups in total. The van der Waals surface area contributed by atoms with Gasteiger partial charge in [-0.3, -0.25) is 4.99 Å². The molecule has 26 heavy (non-hydrogen) atoms. The Morgan fingerprint density at radius 3 is 2.81 bits per heavy atom. The SMILES string of the molecule is CCNC(=NCC(C)(C)c1cccc(Br)c1)NCC1(CCO)CCOC1. The summed E-state index contributed by atoms with van der Waals surface area (Å²) in [7, 11) is 0. The van der Waals surface area contributed by atoms with Gasteiger partial charge in [0.05, 0.1) is 13.2 Å². The van der Waals surface area contributed by atoms with Crippen LogP contribution >= 0.6 is 15.9 Å². The van der Waals surface area contributed by atoms with E-state index >= 15 is 0 Å². The second-order valence-electron chi connectivity index (χ2n) is 7.72. The lowest BCUT2D eigenvalue weighted by molar-refractivity contribution is 0.127. The second kappa shape index (κ2) is 9.72. The molecule has 0 saturated carbocycles. The number of nitrogens with zero attached hydrogens (tertiary/aromatic N) is 1. The van der Waals surface area contributed by atoms with Gasteiger partial charge in [-0.1, -0.05) is 41.9 Å². The maximum Gasteiger partial charge on any atom is 0.191 e. The smallest absolute Gasteiger partial charge is 0.191 e. The molecule has 1 unspecified atom stereocenters. The minimum Gasteiger partial charge on any atom is -0.396 e. The van der Waals surface area contributed by atoms with Gasteiger partial charge in [-0.25, -0.2) is 0 Å². The molecule has 0 aliphatic carbocycles. The van der Waals surface area contributed by atoms with Gasteiger partial charge in [0, 0.05) is 41.6 Å². The summed E-state index contributed by atoms with van der Waals surface area (Å²) in [5, 5.41) is 16.2. The summed E-state index contributed by atoms with van der Waals surface area (Å²) in [5.74, 6) is 0.819. The van der Waals surface area contributed by atoms with Gasteiger partial charge in [0.15, 0.2) is 5.96 Å². The molecule has 0 bridgehead atoms. The number of aliphatic hydroxyl groups excluding tert-OH is 1. The number of ether oxygens (including phenoxy) is 1. The Morgan fingerprint density at radius 2 is 2.19 bits per heavy atom. The van der Waals surface area contributed by atoms with E-state index in [9.17, 15) is 5.11 Å². The maximum absolute atomic E-state index is 9.39. The highest BCUT2D eigenvalue weighted by Gasteiger charge is 2.34. The molecule has 1 atom stereocenters. The fourth-order valence-electron chi connectivity index (χ4n) is 3.20. The lowest BCUT2D eigenvalue weighted by Crippen LogP contribution is -2.45. The standard InChI is InChI=1S/C20H32BrN3O2/c1-4-22-18(24-14-20(8-10-25)9-11-26-15-20)23-13-19(2,3)16-6-5-7-17(21)12-16/h5-7,12,25H,4,8-11,13-15H2,1-3H3,(H2,22,23,24). The monoisotopic (exact) mass is 425 g/mol. The van der Waals surface area contributed by atoms with Crippen molar-refractivity contribution in [1.82, 2.24) is 10.6 Å². The van der Waals surface area contributed by atoms with Crippen LogP contribution in [0.1, 0.15) is 39.2 Å². The number of hydrogen-bond acceptors (Lipinski definition) is 3. The van der Waals surface area contributed by atoms with Crippen molar-refractivity contribution in [3.63, 3.8) is 0 Å². The van der Waals surface area contributed by atoms with Gasteiger partial charge < -0.3 is 20.5 Å². The number of aliphatic hydroxyl groups is 1. The number of nitrogens with one attached hydrogen (secondary N) is 2. The van der Waals surface area contributed by atoms with E-state index in [1.165, 1.54) is 5.56 Å². The Balaban J connectivity index is 2.03. The fraction of sp³-hybridized carbons (Fsp3) is 0.650. The number of hydrogen-bond donors (Lipinski definition) is 3. The fourth-order valence-corrected chi connectivity index (χ4v) is 3.60. The lowest BCUT2D eigenvalue weighted by Gasteiger charge is -2.28. The molecule has 0 radical (unpaired) electrons. The first-order chi connectivity index (χ1) is 12.4. The Morgan fingerprint density at radius 1 is 1.38 bits per heavy atom. The molecular weight excluding hydrogens is 394 g/mol. The van der Waals surface area contributed by atoms with Crippen LogP contribution in [-0.2, 0) is 10.2 Å². The first kappa shape index (κ1) is 21.2. The minimum atomic E-state index is -0.0641. The average molecular weight is 426 g/mol. The minimum absolute atomic E-state index is 0.00472. The highest BCUT2D eigenvalue weighted by molar-refractivity contribution is 9.10. The summed E-state index contributed by atoms with van der Waals surface area (Å²) in [4.78, 5) is 4.82. The zero-order valence-electron chi connectivity index (χ0n) is 16.1. The van der Waals surface area contributed by atoms with Crippen molar-refractivity contribution in [2.75, 3.05) is 39.5 Å². The molecule has 6 heteroatoms. The third-order valence-electron chi connectivity index (χ3n) is 5.04. The number of aliphatic imine (C=N–C) groups is 1. The number of rotatable bonds is 8. The quantitative estimate of drug-likeness (QED) is 0.442. The van der Waals surface area contributed by atoms with E-state index in [0.717, 1.165) is 43.0 Å². The van der Waals surface area contributed by atoms with Crippen LogP contribution < -0.4 is 10.6 Å². The van der Waals surface area contributed by atoms with E-state index < -0.39 is 0 Å². The van der Waals surface area contributed by atoms with Crippen molar-refractivity contribution in [3.8, 4) is 0 Å². The summed E-state index contributed by atoms with van der Waals surface area (Å²) < 4.78 is 6.66. The van der Waals surface area contributed by atoms with E-state index in [0.29, 0.717) is 13.2 Å². The van der Waals surface area contributed by atoms with Crippen LogP contribution in [0, 0.1) is 5.41 Å². The third-order valence-corrected chi connectivity index (χ3v) is 5.53. The predicted octanol–water partition coefficient (Wildman–Crippen LogP) is 3.07. The van der Waals surface area contributed by atoms with Crippen LogP contribution in [0.15, 0.2) is 33.7 Å². The van der Waals surface area contributed by atoms with Crippen LogP contribution in [0.5, 0.6) is 0 Å². The number of guanidine groups is 1. The average Bonchev–Trinajstić information content (AvgIpc) is 3.07. The van der Waals surface area contributed by atoms with Crippen molar-refractivity contribution in [2.24, 2.45) is 10.4 Å². The molecule has 0 spiro atoms. The van der Waals surface area contributed by atoms with Crippen LogP contribution in [-0.4, -0.2) is 50.5 Å². The second-order valence-corrected chi connectivity index (χ2v) is 8.63. The topological polar surface area (TPSA) is 65.9 Å². The van der Waals surface area contributed by atoms with Gasteiger partial charge in [-0.05, 0) is 37.5 Å². The Hall–Kier alpha value is -1.11. The Kier molecular flexibility index (Phi) is 7.92. The molecule has 2 rings (SSSR count). The van der Waals surface area contributed by atoms with Gasteiger partial charge in [0.25, 0.3) is 0 Å². The first-order valence-electron chi connectivity index (χ1n) is 9.38. The normalized spacial score (nSPS) is 21.0. The van der Waals surface area contributed by atoms with E-state index in [1.807, 2.05) is 6.07 Å². The molecule has 1 aromatic carbocycles. The van der Waals surface area contributed by atoms with Crippen LogP contribution in [0.25, 0.3) is 0 Å². The molecule has 1 heterocycles. The summed E-state index contributed by atoms with van der Waals surface area (Å²) in [6.45, 7) is 10.4.